The van der Waals surface area contributed by atoms with E-state index in [1.807, 2.05) is 6.07 Å². The van der Waals surface area contributed by atoms with Crippen LogP contribution in [0.15, 0.2) is 40.9 Å². The standard InChI is InChI=1S/C18H22BrNO/c1-5-20-18(14-8-6-13(3)11-16(14)19)15-10-12(2)7-9-17(15)21-4/h6-11,18,20H,5H2,1-4H3. The molecular weight excluding hydrogens is 326 g/mol. The van der Waals surface area contributed by atoms with Crippen LogP contribution in [0.1, 0.15) is 35.2 Å². The predicted molar refractivity (Wildman–Crippen MR) is 92.1 cm³/mol. The minimum atomic E-state index is 0.111. The molecular formula is C18H22BrNO. The normalized spacial score (nSPS) is 12.2. The average molecular weight is 348 g/mol. The second kappa shape index (κ2) is 7.10. The maximum atomic E-state index is 5.56. The SMILES string of the molecule is CCNC(c1ccc(C)cc1Br)c1cc(C)ccc1OC. The molecule has 1 unspecified atom stereocenters. The summed E-state index contributed by atoms with van der Waals surface area (Å²) < 4.78 is 6.68. The van der Waals surface area contributed by atoms with E-state index in [2.05, 4.69) is 72.3 Å². The van der Waals surface area contributed by atoms with E-state index in [9.17, 15) is 0 Å². The Morgan fingerprint density at radius 1 is 1.05 bits per heavy atom. The summed E-state index contributed by atoms with van der Waals surface area (Å²) in [6.45, 7) is 7.22. The summed E-state index contributed by atoms with van der Waals surface area (Å²) in [4.78, 5) is 0. The average Bonchev–Trinajstić information content (AvgIpc) is 2.45. The molecule has 3 heteroatoms. The Morgan fingerprint density at radius 3 is 2.33 bits per heavy atom. The molecule has 0 heterocycles. The lowest BCUT2D eigenvalue weighted by Gasteiger charge is -2.23. The Kier molecular flexibility index (Phi) is 5.43. The molecule has 112 valence electrons. The lowest BCUT2D eigenvalue weighted by molar-refractivity contribution is 0.404. The molecule has 0 aliphatic rings. The van der Waals surface area contributed by atoms with Gasteiger partial charge in [0.05, 0.1) is 13.2 Å². The van der Waals surface area contributed by atoms with Crippen molar-refractivity contribution in [3.63, 3.8) is 0 Å². The summed E-state index contributed by atoms with van der Waals surface area (Å²) in [5.74, 6) is 0.916. The Labute approximate surface area is 135 Å². The fourth-order valence-electron chi connectivity index (χ4n) is 2.54. The molecule has 2 aromatic carbocycles. The molecule has 0 aromatic heterocycles. The van der Waals surface area contributed by atoms with Gasteiger partial charge in [0.1, 0.15) is 5.75 Å². The van der Waals surface area contributed by atoms with E-state index in [1.54, 1.807) is 7.11 Å². The zero-order valence-corrected chi connectivity index (χ0v) is 14.6. The summed E-state index contributed by atoms with van der Waals surface area (Å²) in [5.41, 5.74) is 4.88. The van der Waals surface area contributed by atoms with Crippen molar-refractivity contribution in [2.75, 3.05) is 13.7 Å². The van der Waals surface area contributed by atoms with Crippen LogP contribution in [0, 0.1) is 13.8 Å². The van der Waals surface area contributed by atoms with Crippen LogP contribution >= 0.6 is 15.9 Å². The minimum absolute atomic E-state index is 0.111. The highest BCUT2D eigenvalue weighted by atomic mass is 79.9. The summed E-state index contributed by atoms with van der Waals surface area (Å²) in [6, 6.07) is 12.9. The number of ether oxygens (including phenoxy) is 1. The van der Waals surface area contributed by atoms with Crippen molar-refractivity contribution >= 4 is 15.9 Å². The first-order valence-electron chi connectivity index (χ1n) is 7.20. The lowest BCUT2D eigenvalue weighted by atomic mass is 9.95. The molecule has 0 amide bonds. The van der Waals surface area contributed by atoms with Gasteiger partial charge >= 0.3 is 0 Å². The van der Waals surface area contributed by atoms with E-state index < -0.39 is 0 Å². The molecule has 0 fully saturated rings. The van der Waals surface area contributed by atoms with Crippen molar-refractivity contribution in [3.8, 4) is 5.75 Å². The number of aryl methyl sites for hydroxylation is 2. The van der Waals surface area contributed by atoms with Crippen molar-refractivity contribution < 1.29 is 4.74 Å². The van der Waals surface area contributed by atoms with Crippen molar-refractivity contribution in [1.82, 2.24) is 5.32 Å². The van der Waals surface area contributed by atoms with E-state index in [4.69, 9.17) is 4.74 Å². The summed E-state index contributed by atoms with van der Waals surface area (Å²) in [7, 11) is 1.72. The number of halogens is 1. The predicted octanol–water partition coefficient (Wildman–Crippen LogP) is 4.77. The quantitative estimate of drug-likeness (QED) is 0.840. The molecule has 2 rings (SSSR count). The van der Waals surface area contributed by atoms with Crippen LogP contribution in [0.3, 0.4) is 0 Å². The monoisotopic (exact) mass is 347 g/mol. The van der Waals surface area contributed by atoms with Gasteiger partial charge < -0.3 is 10.1 Å². The number of nitrogens with one attached hydrogen (secondary N) is 1. The van der Waals surface area contributed by atoms with E-state index in [0.29, 0.717) is 0 Å². The number of benzene rings is 2. The van der Waals surface area contributed by atoms with Crippen LogP contribution in [0.2, 0.25) is 0 Å². The maximum Gasteiger partial charge on any atom is 0.124 e. The highest BCUT2D eigenvalue weighted by Gasteiger charge is 2.19. The highest BCUT2D eigenvalue weighted by molar-refractivity contribution is 9.10. The van der Waals surface area contributed by atoms with Crippen LogP contribution in [-0.4, -0.2) is 13.7 Å². The molecule has 2 nitrogen and oxygen atoms in total. The maximum absolute atomic E-state index is 5.56. The smallest absolute Gasteiger partial charge is 0.124 e. The molecule has 1 N–H and O–H groups in total. The Bertz CT molecular complexity index is 625. The number of methoxy groups -OCH3 is 1. The fourth-order valence-corrected chi connectivity index (χ4v) is 3.26. The van der Waals surface area contributed by atoms with Gasteiger partial charge in [-0.05, 0) is 43.7 Å². The Hall–Kier alpha value is -1.32. The summed E-state index contributed by atoms with van der Waals surface area (Å²) in [6.07, 6.45) is 0. The van der Waals surface area contributed by atoms with Gasteiger partial charge in [-0.3, -0.25) is 0 Å². The molecule has 0 spiro atoms. The zero-order valence-electron chi connectivity index (χ0n) is 13.0. The van der Waals surface area contributed by atoms with Gasteiger partial charge in [-0.1, -0.05) is 52.7 Å². The topological polar surface area (TPSA) is 21.3 Å². The first kappa shape index (κ1) is 16.1. The number of rotatable bonds is 5. The fraction of sp³-hybridized carbons (Fsp3) is 0.333. The highest BCUT2D eigenvalue weighted by Crippen LogP contribution is 2.34. The second-order valence-corrected chi connectivity index (χ2v) is 6.12. The van der Waals surface area contributed by atoms with Gasteiger partial charge in [0.15, 0.2) is 0 Å². The first-order chi connectivity index (χ1) is 10.1. The van der Waals surface area contributed by atoms with Crippen molar-refractivity contribution in [2.45, 2.75) is 26.8 Å². The van der Waals surface area contributed by atoms with Gasteiger partial charge in [0.25, 0.3) is 0 Å². The van der Waals surface area contributed by atoms with E-state index in [-0.39, 0.29) is 6.04 Å². The van der Waals surface area contributed by atoms with E-state index in [1.165, 1.54) is 22.3 Å². The molecule has 0 aliphatic carbocycles. The molecule has 0 aliphatic heterocycles. The van der Waals surface area contributed by atoms with Gasteiger partial charge in [0, 0.05) is 10.0 Å². The third-order valence-corrected chi connectivity index (χ3v) is 4.26. The van der Waals surface area contributed by atoms with Gasteiger partial charge in [0.2, 0.25) is 0 Å². The van der Waals surface area contributed by atoms with Crippen molar-refractivity contribution in [1.29, 1.82) is 0 Å². The van der Waals surface area contributed by atoms with Gasteiger partial charge in [-0.15, -0.1) is 0 Å². The minimum Gasteiger partial charge on any atom is -0.496 e. The number of hydrogen-bond donors (Lipinski definition) is 1. The molecule has 0 saturated carbocycles. The van der Waals surface area contributed by atoms with Crippen LogP contribution in [0.4, 0.5) is 0 Å². The number of hydrogen-bond acceptors (Lipinski definition) is 2. The second-order valence-electron chi connectivity index (χ2n) is 5.26. The molecule has 0 radical (unpaired) electrons. The molecule has 1 atom stereocenters. The lowest BCUT2D eigenvalue weighted by Crippen LogP contribution is -2.23. The Balaban J connectivity index is 2.55. The molecule has 0 bridgehead atoms. The van der Waals surface area contributed by atoms with Crippen molar-refractivity contribution in [3.05, 3.63) is 63.1 Å². The molecule has 0 saturated heterocycles. The summed E-state index contributed by atoms with van der Waals surface area (Å²) in [5, 5.41) is 3.57. The van der Waals surface area contributed by atoms with Gasteiger partial charge in [-0.25, -0.2) is 0 Å². The van der Waals surface area contributed by atoms with E-state index >= 15 is 0 Å². The molecule has 2 aromatic rings. The first-order valence-corrected chi connectivity index (χ1v) is 8.00. The summed E-state index contributed by atoms with van der Waals surface area (Å²) >= 11 is 3.70. The van der Waals surface area contributed by atoms with Crippen LogP contribution < -0.4 is 10.1 Å². The van der Waals surface area contributed by atoms with Crippen LogP contribution in [-0.2, 0) is 0 Å². The van der Waals surface area contributed by atoms with Crippen LogP contribution in [0.5, 0.6) is 5.75 Å². The van der Waals surface area contributed by atoms with E-state index in [0.717, 1.165) is 16.8 Å². The third-order valence-electron chi connectivity index (χ3n) is 3.57. The third kappa shape index (κ3) is 3.66. The van der Waals surface area contributed by atoms with Crippen LogP contribution in [0.25, 0.3) is 0 Å². The Morgan fingerprint density at radius 2 is 1.71 bits per heavy atom. The van der Waals surface area contributed by atoms with Gasteiger partial charge in [-0.2, -0.15) is 0 Å². The van der Waals surface area contributed by atoms with Crippen molar-refractivity contribution in [2.24, 2.45) is 0 Å². The molecule has 21 heavy (non-hydrogen) atoms. The largest absolute Gasteiger partial charge is 0.496 e. The zero-order chi connectivity index (χ0) is 15.4.